The van der Waals surface area contributed by atoms with E-state index in [4.69, 9.17) is 0 Å². The normalized spacial score (nSPS) is 18.6. The molecule has 2 aliphatic rings. The van der Waals surface area contributed by atoms with E-state index >= 15 is 0 Å². The first-order chi connectivity index (χ1) is 15.5. The van der Waals surface area contributed by atoms with Crippen LogP contribution in [0.1, 0.15) is 37.7 Å². The third-order valence-corrected chi connectivity index (χ3v) is 9.62. The molecule has 1 saturated carbocycles. The molecular weight excluding hydrogens is 444 g/mol. The van der Waals surface area contributed by atoms with Crippen LogP contribution in [-0.2, 0) is 16.6 Å². The molecule has 0 radical (unpaired) electrons. The molecule has 7 nitrogen and oxygen atoms in total. The minimum atomic E-state index is -3.47. The highest BCUT2D eigenvalue weighted by Gasteiger charge is 2.30. The molecule has 2 amide bonds. The molecule has 1 aliphatic carbocycles. The summed E-state index contributed by atoms with van der Waals surface area (Å²) in [6.07, 6.45) is 6.64. The number of urea groups is 1. The molecule has 2 heterocycles. The fourth-order valence-corrected chi connectivity index (χ4v) is 7.03. The van der Waals surface area contributed by atoms with Crippen LogP contribution in [0.2, 0.25) is 0 Å². The molecule has 0 spiro atoms. The fraction of sp³-hybridized carbons (Fsp3) is 0.522. The second kappa shape index (κ2) is 10.8. The lowest BCUT2D eigenvalue weighted by molar-refractivity contribution is 0.184. The maximum Gasteiger partial charge on any atom is 0.321 e. The lowest BCUT2D eigenvalue weighted by Crippen LogP contribution is -2.51. The van der Waals surface area contributed by atoms with Gasteiger partial charge in [-0.05, 0) is 48.4 Å². The Morgan fingerprint density at radius 1 is 1.00 bits per heavy atom. The second-order valence-corrected chi connectivity index (χ2v) is 11.7. The smallest absolute Gasteiger partial charge is 0.321 e. The van der Waals surface area contributed by atoms with E-state index in [0.717, 1.165) is 30.3 Å². The summed E-state index contributed by atoms with van der Waals surface area (Å²) < 4.78 is 27.2. The predicted octanol–water partition coefficient (Wildman–Crippen LogP) is 3.96. The summed E-state index contributed by atoms with van der Waals surface area (Å²) in [5.41, 5.74) is 1.87. The number of hydrogen-bond acceptors (Lipinski definition) is 5. The first-order valence-electron chi connectivity index (χ1n) is 11.4. The highest BCUT2D eigenvalue weighted by atomic mass is 32.2. The Labute approximate surface area is 194 Å². The fourth-order valence-electron chi connectivity index (χ4n) is 4.46. The Morgan fingerprint density at radius 3 is 2.47 bits per heavy atom. The molecule has 2 fully saturated rings. The van der Waals surface area contributed by atoms with Crippen LogP contribution in [-0.4, -0.2) is 56.4 Å². The van der Waals surface area contributed by atoms with Gasteiger partial charge in [0.2, 0.25) is 0 Å². The van der Waals surface area contributed by atoms with Crippen molar-refractivity contribution in [2.75, 3.05) is 38.0 Å². The standard InChI is InChI=1S/C23H32N4O3S2/c28-23(26-12-14-27(15-13-26)32(29,30)22-11-6-16-31-22)25-21-10-5-4-9-20(21)18-24-17-19-7-2-1-3-8-19/h4-6,9-11,16,19,24H,1-3,7-8,12-15,17-18H2,(H,25,28). The summed E-state index contributed by atoms with van der Waals surface area (Å²) in [7, 11) is -3.47. The molecule has 0 unspecified atom stereocenters. The number of nitrogens with zero attached hydrogens (tertiary/aromatic N) is 2. The minimum absolute atomic E-state index is 0.182. The van der Waals surface area contributed by atoms with Crippen LogP contribution in [0.25, 0.3) is 0 Å². The van der Waals surface area contributed by atoms with Crippen LogP contribution in [0.4, 0.5) is 10.5 Å². The minimum Gasteiger partial charge on any atom is -0.322 e. The van der Waals surface area contributed by atoms with Crippen LogP contribution >= 0.6 is 11.3 Å². The number of anilines is 1. The number of piperazine rings is 1. The molecule has 2 aromatic rings. The summed E-state index contributed by atoms with van der Waals surface area (Å²) in [4.78, 5) is 14.5. The monoisotopic (exact) mass is 476 g/mol. The number of nitrogens with one attached hydrogen (secondary N) is 2. The van der Waals surface area contributed by atoms with Gasteiger partial charge in [0.1, 0.15) is 4.21 Å². The molecule has 1 aromatic carbocycles. The van der Waals surface area contributed by atoms with E-state index in [9.17, 15) is 13.2 Å². The highest BCUT2D eigenvalue weighted by Crippen LogP contribution is 2.24. The van der Waals surface area contributed by atoms with Crippen molar-refractivity contribution in [1.82, 2.24) is 14.5 Å². The number of carbonyl (C=O) groups excluding carboxylic acids is 1. The van der Waals surface area contributed by atoms with Gasteiger partial charge < -0.3 is 15.5 Å². The number of thiophene rings is 1. The number of sulfonamides is 1. The summed E-state index contributed by atoms with van der Waals surface area (Å²) >= 11 is 1.22. The SMILES string of the molecule is O=C(Nc1ccccc1CNCC1CCCCC1)N1CCN(S(=O)(=O)c2cccs2)CC1. The van der Waals surface area contributed by atoms with E-state index in [1.165, 1.54) is 47.7 Å². The Balaban J connectivity index is 1.29. The van der Waals surface area contributed by atoms with Gasteiger partial charge in [0.15, 0.2) is 0 Å². The number of carbonyl (C=O) groups is 1. The van der Waals surface area contributed by atoms with Crippen molar-refractivity contribution in [3.63, 3.8) is 0 Å². The molecule has 9 heteroatoms. The van der Waals surface area contributed by atoms with Crippen molar-refractivity contribution >= 4 is 33.1 Å². The molecule has 2 N–H and O–H groups in total. The molecule has 1 aromatic heterocycles. The zero-order valence-corrected chi connectivity index (χ0v) is 20.0. The van der Waals surface area contributed by atoms with E-state index in [1.807, 2.05) is 24.3 Å². The number of benzene rings is 1. The molecule has 174 valence electrons. The lowest BCUT2D eigenvalue weighted by Gasteiger charge is -2.33. The summed E-state index contributed by atoms with van der Waals surface area (Å²) in [6.45, 7) is 3.09. The summed E-state index contributed by atoms with van der Waals surface area (Å²) in [5.74, 6) is 0.757. The number of rotatable bonds is 7. The van der Waals surface area contributed by atoms with Gasteiger partial charge in [-0.3, -0.25) is 0 Å². The Kier molecular flexibility index (Phi) is 7.83. The number of amides is 2. The summed E-state index contributed by atoms with van der Waals surface area (Å²) in [5, 5.41) is 8.36. The van der Waals surface area contributed by atoms with E-state index in [2.05, 4.69) is 10.6 Å². The third-order valence-electron chi connectivity index (χ3n) is 6.35. The van der Waals surface area contributed by atoms with Gasteiger partial charge in [-0.2, -0.15) is 4.31 Å². The van der Waals surface area contributed by atoms with Gasteiger partial charge in [0, 0.05) is 38.4 Å². The zero-order valence-electron chi connectivity index (χ0n) is 18.3. The molecule has 0 atom stereocenters. The van der Waals surface area contributed by atoms with Gasteiger partial charge >= 0.3 is 6.03 Å². The molecule has 1 saturated heterocycles. The quantitative estimate of drug-likeness (QED) is 0.634. The molecular formula is C23H32N4O3S2. The topological polar surface area (TPSA) is 81.8 Å². The maximum atomic E-state index is 12.9. The average Bonchev–Trinajstić information content (AvgIpc) is 3.37. The van der Waals surface area contributed by atoms with Crippen molar-refractivity contribution in [1.29, 1.82) is 0 Å². The second-order valence-electron chi connectivity index (χ2n) is 8.55. The van der Waals surface area contributed by atoms with E-state index < -0.39 is 10.0 Å². The zero-order chi connectivity index (χ0) is 22.4. The molecule has 1 aliphatic heterocycles. The highest BCUT2D eigenvalue weighted by molar-refractivity contribution is 7.91. The van der Waals surface area contributed by atoms with E-state index in [1.54, 1.807) is 22.4 Å². The molecule has 32 heavy (non-hydrogen) atoms. The van der Waals surface area contributed by atoms with Gasteiger partial charge in [-0.15, -0.1) is 11.3 Å². The van der Waals surface area contributed by atoms with E-state index in [0.29, 0.717) is 30.4 Å². The van der Waals surface area contributed by atoms with Gasteiger partial charge in [0.25, 0.3) is 10.0 Å². The first kappa shape index (κ1) is 23.2. The van der Waals surface area contributed by atoms with Gasteiger partial charge in [-0.1, -0.05) is 43.5 Å². The Hall–Kier alpha value is -1.94. The van der Waals surface area contributed by atoms with E-state index in [-0.39, 0.29) is 6.03 Å². The van der Waals surface area contributed by atoms with Gasteiger partial charge in [0.05, 0.1) is 0 Å². The van der Waals surface area contributed by atoms with Crippen LogP contribution in [0.3, 0.4) is 0 Å². The van der Waals surface area contributed by atoms with Crippen LogP contribution in [0.5, 0.6) is 0 Å². The number of hydrogen-bond donors (Lipinski definition) is 2. The molecule has 4 rings (SSSR count). The van der Waals surface area contributed by atoms with Crippen molar-refractivity contribution < 1.29 is 13.2 Å². The summed E-state index contributed by atoms with van der Waals surface area (Å²) in [6, 6.07) is 11.0. The third kappa shape index (κ3) is 5.70. The lowest BCUT2D eigenvalue weighted by atomic mass is 9.89. The van der Waals surface area contributed by atoms with Crippen molar-refractivity contribution in [2.45, 2.75) is 42.9 Å². The Bertz CT molecular complexity index is 980. The van der Waals surface area contributed by atoms with Crippen LogP contribution in [0, 0.1) is 5.92 Å². The largest absolute Gasteiger partial charge is 0.322 e. The number of para-hydroxylation sites is 1. The van der Waals surface area contributed by atoms with Gasteiger partial charge in [-0.25, -0.2) is 13.2 Å². The predicted molar refractivity (Wildman–Crippen MR) is 128 cm³/mol. The average molecular weight is 477 g/mol. The van der Waals surface area contributed by atoms with Crippen molar-refractivity contribution in [3.05, 3.63) is 47.3 Å². The molecule has 0 bridgehead atoms. The van der Waals surface area contributed by atoms with Crippen molar-refractivity contribution in [2.24, 2.45) is 5.92 Å². The van der Waals surface area contributed by atoms with Crippen LogP contribution in [0.15, 0.2) is 46.0 Å². The van der Waals surface area contributed by atoms with Crippen molar-refractivity contribution in [3.8, 4) is 0 Å². The Morgan fingerprint density at radius 2 is 1.75 bits per heavy atom. The first-order valence-corrected chi connectivity index (χ1v) is 13.7. The van der Waals surface area contributed by atoms with Crippen LogP contribution < -0.4 is 10.6 Å². The maximum absolute atomic E-state index is 12.9.